The highest BCUT2D eigenvalue weighted by molar-refractivity contribution is 6.76. The summed E-state index contributed by atoms with van der Waals surface area (Å²) in [6.07, 6.45) is 7.55. The predicted octanol–water partition coefficient (Wildman–Crippen LogP) is 5.10. The normalized spacial score (nSPS) is 32.9. The topological polar surface area (TPSA) is 81.4 Å². The van der Waals surface area contributed by atoms with E-state index in [1.165, 1.54) is 12.8 Å². The second-order valence-electron chi connectivity index (χ2n) is 12.0. The molecule has 4 aliphatic carbocycles. The molecule has 0 saturated heterocycles. The van der Waals surface area contributed by atoms with E-state index in [9.17, 15) is 14.7 Å². The van der Waals surface area contributed by atoms with E-state index in [0.29, 0.717) is 35.2 Å². The number of carboxylic acids is 1. The van der Waals surface area contributed by atoms with Gasteiger partial charge in [-0.1, -0.05) is 33.5 Å². The van der Waals surface area contributed by atoms with E-state index >= 15 is 0 Å². The smallest absolute Gasteiger partial charge is 0.356 e. The Morgan fingerprint density at radius 3 is 2.45 bits per heavy atom. The van der Waals surface area contributed by atoms with Gasteiger partial charge in [-0.2, -0.15) is 5.10 Å². The standard InChI is InChI=1S/C16H26N2O3Si.C8H12O/c1-16-6-5-11-13(15(19)20)17-18(14(11)12(16)9-16)10-21-7-8-22(2,3)4;1-8-4-2-3-7(9)6(8)5-8/h12H,5-10H2,1-4H3,(H,19,20);6H,2-5H2,1H3. The van der Waals surface area contributed by atoms with Gasteiger partial charge in [-0.05, 0) is 55.4 Å². The van der Waals surface area contributed by atoms with Gasteiger partial charge in [0.2, 0.25) is 0 Å². The zero-order valence-corrected chi connectivity index (χ0v) is 20.8. The van der Waals surface area contributed by atoms with Crippen molar-refractivity contribution in [3.8, 4) is 0 Å². The van der Waals surface area contributed by atoms with Gasteiger partial charge in [0.15, 0.2) is 5.69 Å². The van der Waals surface area contributed by atoms with Gasteiger partial charge in [0, 0.05) is 44.2 Å². The number of nitrogens with zero attached hydrogens (tertiary/aromatic N) is 2. The molecule has 172 valence electrons. The van der Waals surface area contributed by atoms with Crippen LogP contribution in [0.25, 0.3) is 0 Å². The first-order valence-electron chi connectivity index (χ1n) is 11.9. The summed E-state index contributed by atoms with van der Waals surface area (Å²) in [5, 5.41) is 13.7. The molecule has 0 bridgehead atoms. The number of aromatic carboxylic acids is 1. The lowest BCUT2D eigenvalue weighted by molar-refractivity contribution is -0.122. The molecule has 1 heterocycles. The van der Waals surface area contributed by atoms with Crippen molar-refractivity contribution in [1.82, 2.24) is 9.78 Å². The largest absolute Gasteiger partial charge is 0.476 e. The van der Waals surface area contributed by atoms with E-state index in [1.807, 2.05) is 4.68 Å². The number of aromatic nitrogens is 2. The van der Waals surface area contributed by atoms with Crippen LogP contribution in [0.5, 0.6) is 0 Å². The maximum Gasteiger partial charge on any atom is 0.356 e. The summed E-state index contributed by atoms with van der Waals surface area (Å²) in [5.41, 5.74) is 3.13. The number of ketones is 1. The van der Waals surface area contributed by atoms with Crippen molar-refractivity contribution in [3.05, 3.63) is 17.0 Å². The summed E-state index contributed by atoms with van der Waals surface area (Å²) < 4.78 is 7.61. The fraction of sp³-hybridized carbons (Fsp3) is 0.792. The molecule has 0 radical (unpaired) electrons. The molecule has 4 unspecified atom stereocenters. The van der Waals surface area contributed by atoms with Crippen molar-refractivity contribution in [2.45, 2.75) is 97.1 Å². The minimum Gasteiger partial charge on any atom is -0.476 e. The molecule has 4 aliphatic rings. The summed E-state index contributed by atoms with van der Waals surface area (Å²) in [7, 11) is -1.10. The monoisotopic (exact) mass is 446 g/mol. The molecule has 0 spiro atoms. The summed E-state index contributed by atoms with van der Waals surface area (Å²) in [6.45, 7) is 12.6. The second-order valence-corrected chi connectivity index (χ2v) is 17.6. The number of fused-ring (bicyclic) bond motifs is 4. The predicted molar refractivity (Wildman–Crippen MR) is 122 cm³/mol. The van der Waals surface area contributed by atoms with Crippen LogP contribution >= 0.6 is 0 Å². The summed E-state index contributed by atoms with van der Waals surface area (Å²) in [5.74, 6) is 0.564. The molecule has 4 atom stereocenters. The minimum atomic E-state index is -1.10. The molecule has 6 nitrogen and oxygen atoms in total. The number of Topliss-reactive ketones (excluding diaryl/α,β-unsaturated/α-hetero) is 1. The number of carboxylic acid groups (broad SMARTS) is 1. The molecule has 3 fully saturated rings. The fourth-order valence-corrected chi connectivity index (χ4v) is 6.25. The Labute approximate surface area is 186 Å². The maximum atomic E-state index is 11.4. The van der Waals surface area contributed by atoms with E-state index in [4.69, 9.17) is 4.74 Å². The van der Waals surface area contributed by atoms with Gasteiger partial charge in [-0.15, -0.1) is 0 Å². The first-order chi connectivity index (χ1) is 14.4. The van der Waals surface area contributed by atoms with Crippen molar-refractivity contribution in [1.29, 1.82) is 0 Å². The van der Waals surface area contributed by atoms with Gasteiger partial charge in [-0.3, -0.25) is 4.79 Å². The number of hydrogen-bond acceptors (Lipinski definition) is 4. The molecule has 5 rings (SSSR count). The van der Waals surface area contributed by atoms with Crippen LogP contribution in [0, 0.1) is 16.7 Å². The molecule has 0 amide bonds. The molecular weight excluding hydrogens is 408 g/mol. The highest BCUT2D eigenvalue weighted by Gasteiger charge is 2.56. The number of ether oxygens (including phenoxy) is 1. The first-order valence-corrected chi connectivity index (χ1v) is 15.6. The van der Waals surface area contributed by atoms with E-state index in [2.05, 4.69) is 38.6 Å². The number of hydrogen-bond donors (Lipinski definition) is 1. The molecule has 1 aromatic heterocycles. The van der Waals surface area contributed by atoms with Gasteiger partial charge < -0.3 is 9.84 Å². The second kappa shape index (κ2) is 7.83. The first kappa shape index (κ1) is 22.7. The Morgan fingerprint density at radius 1 is 1.16 bits per heavy atom. The molecular formula is C24H38N2O4Si. The lowest BCUT2D eigenvalue weighted by atomic mass is 9.87. The SMILES string of the molecule is CC12CCCC(=O)C1C2.CC12CCc3c(C(=O)O)nn(COCC[Si](C)(C)C)c3C1C2. The number of carbonyl (C=O) groups excluding carboxylic acids is 1. The van der Waals surface area contributed by atoms with Crippen LogP contribution in [0.15, 0.2) is 0 Å². The third-order valence-corrected chi connectivity index (χ3v) is 9.75. The van der Waals surface area contributed by atoms with Crippen molar-refractivity contribution >= 4 is 19.8 Å². The molecule has 0 aliphatic heterocycles. The Morgan fingerprint density at radius 2 is 1.84 bits per heavy atom. The van der Waals surface area contributed by atoms with Gasteiger partial charge in [0.05, 0.1) is 0 Å². The highest BCUT2D eigenvalue weighted by atomic mass is 28.3. The molecule has 31 heavy (non-hydrogen) atoms. The molecule has 1 N–H and O–H groups in total. The van der Waals surface area contributed by atoms with E-state index < -0.39 is 14.0 Å². The minimum absolute atomic E-state index is 0.234. The molecule has 0 aromatic carbocycles. The van der Waals surface area contributed by atoms with Crippen LogP contribution in [-0.2, 0) is 22.7 Å². The van der Waals surface area contributed by atoms with Crippen LogP contribution in [0.1, 0.15) is 80.0 Å². The average molecular weight is 447 g/mol. The van der Waals surface area contributed by atoms with Crippen LogP contribution in [-0.4, -0.2) is 41.3 Å². The van der Waals surface area contributed by atoms with Gasteiger partial charge in [0.25, 0.3) is 0 Å². The fourth-order valence-electron chi connectivity index (χ4n) is 5.50. The van der Waals surface area contributed by atoms with Gasteiger partial charge >= 0.3 is 5.97 Å². The van der Waals surface area contributed by atoms with E-state index in [1.54, 1.807) is 0 Å². The summed E-state index contributed by atoms with van der Waals surface area (Å²) in [6, 6.07) is 1.11. The highest BCUT2D eigenvalue weighted by Crippen LogP contribution is 2.65. The average Bonchev–Trinajstić information content (AvgIpc) is 3.51. The van der Waals surface area contributed by atoms with Crippen LogP contribution in [0.2, 0.25) is 25.7 Å². The summed E-state index contributed by atoms with van der Waals surface area (Å²) >= 11 is 0. The van der Waals surface area contributed by atoms with Crippen LogP contribution in [0.3, 0.4) is 0 Å². The Hall–Kier alpha value is -1.47. The third kappa shape index (κ3) is 4.68. The van der Waals surface area contributed by atoms with Crippen molar-refractivity contribution in [2.75, 3.05) is 6.61 Å². The Kier molecular flexibility index (Phi) is 5.74. The summed E-state index contributed by atoms with van der Waals surface area (Å²) in [4.78, 5) is 22.5. The van der Waals surface area contributed by atoms with Crippen LogP contribution in [0.4, 0.5) is 0 Å². The Bertz CT molecular complexity index is 889. The molecule has 3 saturated carbocycles. The van der Waals surface area contributed by atoms with Gasteiger partial charge in [-0.25, -0.2) is 9.48 Å². The lowest BCUT2D eigenvalue weighted by Gasteiger charge is -2.20. The zero-order valence-electron chi connectivity index (χ0n) is 19.8. The number of rotatable bonds is 6. The third-order valence-electron chi connectivity index (χ3n) is 8.05. The Balaban J connectivity index is 0.000000212. The quantitative estimate of drug-likeness (QED) is 0.486. The molecule has 7 heteroatoms. The zero-order chi connectivity index (χ0) is 22.6. The van der Waals surface area contributed by atoms with E-state index in [0.717, 1.165) is 56.0 Å². The molecule has 1 aromatic rings. The number of carbonyl (C=O) groups is 2. The van der Waals surface area contributed by atoms with Crippen LogP contribution < -0.4 is 0 Å². The van der Waals surface area contributed by atoms with Crippen molar-refractivity contribution < 1.29 is 19.4 Å². The maximum absolute atomic E-state index is 11.4. The van der Waals surface area contributed by atoms with Crippen molar-refractivity contribution in [3.63, 3.8) is 0 Å². The lowest BCUT2D eigenvalue weighted by Crippen LogP contribution is -2.22. The van der Waals surface area contributed by atoms with Gasteiger partial charge in [0.1, 0.15) is 12.5 Å². The van der Waals surface area contributed by atoms with E-state index in [-0.39, 0.29) is 5.69 Å². The van der Waals surface area contributed by atoms with Crippen molar-refractivity contribution in [2.24, 2.45) is 16.7 Å².